The number of rotatable bonds is 14. The predicted molar refractivity (Wildman–Crippen MR) is 190 cm³/mol. The molecule has 1 saturated carbocycles. The van der Waals surface area contributed by atoms with E-state index in [1.165, 1.54) is 4.90 Å². The normalized spacial score (nSPS) is 14.1. The summed E-state index contributed by atoms with van der Waals surface area (Å²) in [4.78, 5) is 30.0. The average Bonchev–Trinajstić information content (AvgIpc) is 3.09. The summed E-state index contributed by atoms with van der Waals surface area (Å²) < 4.78 is 33.3. The second-order valence-corrected chi connectivity index (χ2v) is 14.6. The van der Waals surface area contributed by atoms with Gasteiger partial charge in [0, 0.05) is 24.0 Å². The number of benzene rings is 4. The van der Waals surface area contributed by atoms with E-state index in [-0.39, 0.29) is 24.9 Å². The van der Waals surface area contributed by atoms with Gasteiger partial charge < -0.3 is 15.0 Å². The lowest BCUT2D eigenvalue weighted by Crippen LogP contribution is -2.55. The van der Waals surface area contributed by atoms with Gasteiger partial charge in [-0.2, -0.15) is 0 Å². The zero-order chi connectivity index (χ0) is 33.9. The van der Waals surface area contributed by atoms with Gasteiger partial charge in [0.15, 0.2) is 0 Å². The fourth-order valence-electron chi connectivity index (χ4n) is 5.95. The summed E-state index contributed by atoms with van der Waals surface area (Å²) in [5.74, 6) is -0.188. The van der Waals surface area contributed by atoms with Gasteiger partial charge in [-0.25, -0.2) is 8.42 Å². The molecule has 1 fully saturated rings. The van der Waals surface area contributed by atoms with Gasteiger partial charge in [-0.3, -0.25) is 13.9 Å². The molecule has 0 heterocycles. The lowest BCUT2D eigenvalue weighted by Gasteiger charge is -2.35. The van der Waals surface area contributed by atoms with Crippen molar-refractivity contribution in [2.75, 3.05) is 17.1 Å². The quantitative estimate of drug-likeness (QED) is 0.158. The molecule has 1 atom stereocenters. The Morgan fingerprint density at radius 2 is 1.42 bits per heavy atom. The number of carbonyl (C=O) groups excluding carboxylic acids is 2. The summed E-state index contributed by atoms with van der Waals surface area (Å²) in [6.45, 7) is -0.0338. The molecule has 1 aliphatic carbocycles. The van der Waals surface area contributed by atoms with Crippen molar-refractivity contribution in [2.45, 2.75) is 63.8 Å². The van der Waals surface area contributed by atoms with Crippen LogP contribution in [0.2, 0.25) is 5.02 Å². The topological polar surface area (TPSA) is 96.0 Å². The summed E-state index contributed by atoms with van der Waals surface area (Å²) >= 11 is 6.16. The summed E-state index contributed by atoms with van der Waals surface area (Å²) in [6.07, 6.45) is 6.35. The third-order valence-electron chi connectivity index (χ3n) is 8.54. The van der Waals surface area contributed by atoms with Crippen LogP contribution in [0.4, 0.5) is 5.69 Å². The second-order valence-electron chi connectivity index (χ2n) is 12.2. The highest BCUT2D eigenvalue weighted by atomic mass is 35.5. The van der Waals surface area contributed by atoms with Crippen molar-refractivity contribution in [1.29, 1.82) is 0 Å². The van der Waals surface area contributed by atoms with Gasteiger partial charge >= 0.3 is 0 Å². The van der Waals surface area contributed by atoms with Gasteiger partial charge in [-0.1, -0.05) is 104 Å². The molecule has 0 aliphatic heterocycles. The van der Waals surface area contributed by atoms with E-state index >= 15 is 0 Å². The van der Waals surface area contributed by atoms with Crippen LogP contribution < -0.4 is 14.4 Å². The van der Waals surface area contributed by atoms with Crippen molar-refractivity contribution in [3.63, 3.8) is 0 Å². The first kappa shape index (κ1) is 35.0. The lowest BCUT2D eigenvalue weighted by atomic mass is 9.94. The van der Waals surface area contributed by atoms with Crippen LogP contribution in [-0.2, 0) is 39.2 Å². The third-order valence-corrected chi connectivity index (χ3v) is 9.93. The second kappa shape index (κ2) is 16.7. The Balaban J connectivity index is 1.43. The first-order chi connectivity index (χ1) is 23.2. The number of nitrogens with one attached hydrogen (secondary N) is 1. The molecule has 2 amide bonds. The Bertz CT molecular complexity index is 1730. The van der Waals surface area contributed by atoms with Crippen molar-refractivity contribution in [3.8, 4) is 5.75 Å². The molecule has 252 valence electrons. The number of ether oxygens (including phenoxy) is 1. The summed E-state index contributed by atoms with van der Waals surface area (Å²) in [5, 5.41) is 3.76. The highest BCUT2D eigenvalue weighted by Crippen LogP contribution is 2.25. The van der Waals surface area contributed by atoms with Gasteiger partial charge in [0.1, 0.15) is 24.9 Å². The fourth-order valence-corrected chi connectivity index (χ4v) is 6.92. The van der Waals surface area contributed by atoms with Gasteiger partial charge in [0.2, 0.25) is 21.8 Å². The third kappa shape index (κ3) is 10.1. The van der Waals surface area contributed by atoms with Gasteiger partial charge in [-0.05, 0) is 65.9 Å². The largest absolute Gasteiger partial charge is 0.489 e. The molecule has 0 aromatic heterocycles. The number of halogens is 1. The maximum atomic E-state index is 14.4. The van der Waals surface area contributed by atoms with Crippen LogP contribution >= 0.6 is 11.6 Å². The monoisotopic (exact) mass is 687 g/mol. The molecule has 0 spiro atoms. The maximum absolute atomic E-state index is 14.4. The first-order valence-corrected chi connectivity index (χ1v) is 18.5. The van der Waals surface area contributed by atoms with Crippen molar-refractivity contribution in [1.82, 2.24) is 10.2 Å². The molecule has 0 saturated heterocycles. The zero-order valence-corrected chi connectivity index (χ0v) is 28.7. The number of nitrogens with zero attached hydrogens (tertiary/aromatic N) is 2. The molecule has 1 N–H and O–H groups in total. The summed E-state index contributed by atoms with van der Waals surface area (Å²) in [6, 6.07) is 32.1. The Morgan fingerprint density at radius 1 is 0.812 bits per heavy atom. The van der Waals surface area contributed by atoms with Crippen molar-refractivity contribution >= 4 is 39.1 Å². The molecule has 1 unspecified atom stereocenters. The zero-order valence-electron chi connectivity index (χ0n) is 27.1. The van der Waals surface area contributed by atoms with Crippen molar-refractivity contribution in [3.05, 3.63) is 131 Å². The van der Waals surface area contributed by atoms with Crippen LogP contribution in [0, 0.1) is 0 Å². The smallest absolute Gasteiger partial charge is 0.244 e. The number of amides is 2. The fraction of sp³-hybridized carbons (Fsp3) is 0.316. The van der Waals surface area contributed by atoms with Crippen LogP contribution in [0.25, 0.3) is 0 Å². The van der Waals surface area contributed by atoms with Gasteiger partial charge in [-0.15, -0.1) is 0 Å². The van der Waals surface area contributed by atoms with Crippen LogP contribution in [-0.4, -0.2) is 50.0 Å². The summed E-state index contributed by atoms with van der Waals surface area (Å²) in [5.41, 5.74) is 2.97. The molecule has 1 aliphatic rings. The number of sulfonamides is 1. The number of anilines is 1. The lowest BCUT2D eigenvalue weighted by molar-refractivity contribution is -0.140. The molecular formula is C38H42ClN3O5S. The molecule has 8 nitrogen and oxygen atoms in total. The minimum Gasteiger partial charge on any atom is -0.489 e. The minimum absolute atomic E-state index is 0.0344. The molecular weight excluding hydrogens is 646 g/mol. The number of hydrogen-bond donors (Lipinski definition) is 1. The molecule has 5 rings (SSSR count). The van der Waals surface area contributed by atoms with Crippen molar-refractivity contribution in [2.24, 2.45) is 0 Å². The van der Waals surface area contributed by atoms with E-state index in [2.05, 4.69) is 5.32 Å². The first-order valence-electron chi connectivity index (χ1n) is 16.3. The molecule has 0 bridgehead atoms. The minimum atomic E-state index is -3.89. The standard InChI is InChI=1S/C38H42ClN3O5S/c1-48(45,46)42(34-21-23-35(24-22-34)47-28-31-13-7-3-8-14-31)27-37(43)41(26-30-17-19-32(39)20-18-30)36(25-29-11-5-2-6-12-29)38(44)40-33-15-9-4-10-16-33/h2-3,5-8,11-14,17-24,33,36H,4,9-10,15-16,25-28H2,1H3,(H,40,44). The van der Waals surface area contributed by atoms with Crippen LogP contribution in [0.15, 0.2) is 109 Å². The van der Waals surface area contributed by atoms with Crippen LogP contribution in [0.3, 0.4) is 0 Å². The summed E-state index contributed by atoms with van der Waals surface area (Å²) in [7, 11) is -3.89. The molecule has 0 radical (unpaired) electrons. The Morgan fingerprint density at radius 3 is 2.02 bits per heavy atom. The van der Waals surface area contributed by atoms with E-state index in [1.54, 1.807) is 36.4 Å². The SMILES string of the molecule is CS(=O)(=O)N(CC(=O)N(Cc1ccc(Cl)cc1)C(Cc1ccccc1)C(=O)NC1CCCCC1)c1ccc(OCc2ccccc2)cc1. The van der Waals surface area contributed by atoms with E-state index in [9.17, 15) is 18.0 Å². The molecule has 10 heteroatoms. The molecule has 48 heavy (non-hydrogen) atoms. The van der Waals surface area contributed by atoms with Gasteiger partial charge in [0.25, 0.3) is 0 Å². The Hall–Kier alpha value is -4.34. The van der Waals surface area contributed by atoms with Crippen LogP contribution in [0.5, 0.6) is 5.75 Å². The van der Waals surface area contributed by atoms with E-state index in [0.29, 0.717) is 23.1 Å². The molecule has 4 aromatic rings. The predicted octanol–water partition coefficient (Wildman–Crippen LogP) is 6.77. The molecule has 4 aromatic carbocycles. The van der Waals surface area contributed by atoms with E-state index in [0.717, 1.165) is 59.4 Å². The van der Waals surface area contributed by atoms with E-state index in [1.807, 2.05) is 72.8 Å². The average molecular weight is 688 g/mol. The van der Waals surface area contributed by atoms with E-state index in [4.69, 9.17) is 16.3 Å². The van der Waals surface area contributed by atoms with Crippen molar-refractivity contribution < 1.29 is 22.7 Å². The van der Waals surface area contributed by atoms with Crippen LogP contribution in [0.1, 0.15) is 48.8 Å². The number of hydrogen-bond acceptors (Lipinski definition) is 5. The maximum Gasteiger partial charge on any atom is 0.244 e. The van der Waals surface area contributed by atoms with E-state index < -0.39 is 28.5 Å². The Kier molecular flexibility index (Phi) is 12.1. The van der Waals surface area contributed by atoms with Gasteiger partial charge in [0.05, 0.1) is 11.9 Å². The Labute approximate surface area is 288 Å². The highest BCUT2D eigenvalue weighted by molar-refractivity contribution is 7.92. The number of carbonyl (C=O) groups is 2. The highest BCUT2D eigenvalue weighted by Gasteiger charge is 2.34.